The summed E-state index contributed by atoms with van der Waals surface area (Å²) in [7, 11) is 1.73. The van der Waals surface area contributed by atoms with Gasteiger partial charge in [0.1, 0.15) is 11.8 Å². The highest BCUT2D eigenvalue weighted by molar-refractivity contribution is 5.86. The second kappa shape index (κ2) is 9.24. The van der Waals surface area contributed by atoms with Crippen LogP contribution in [0.2, 0.25) is 0 Å². The van der Waals surface area contributed by atoms with Gasteiger partial charge in [0, 0.05) is 63.7 Å². The fourth-order valence-electron chi connectivity index (χ4n) is 4.20. The molecule has 2 aromatic rings. The molecule has 0 unspecified atom stereocenters. The summed E-state index contributed by atoms with van der Waals surface area (Å²) in [5.74, 6) is 0.113. The number of rotatable bonds is 9. The summed E-state index contributed by atoms with van der Waals surface area (Å²) in [6.07, 6.45) is 7.75. The lowest BCUT2D eigenvalue weighted by Gasteiger charge is -2.30. The standard InChI is InChI=1S/C22H32N4O3/c1-3-16-7-8-24-21-20(16)17(14-25(21)10-4-11-28-2)15-26(18-5-6-18)22(27)19-13-23-9-12-29-19/h7-8,14,18-19,23H,3-6,9-13,15H2,1-2H3/t19-/m1/s1. The second-order valence-corrected chi connectivity index (χ2v) is 7.98. The van der Waals surface area contributed by atoms with Crippen LogP contribution in [0.3, 0.4) is 0 Å². The maximum absolute atomic E-state index is 13.2. The summed E-state index contributed by atoms with van der Waals surface area (Å²) < 4.78 is 13.2. The van der Waals surface area contributed by atoms with Crippen LogP contribution >= 0.6 is 0 Å². The molecule has 4 rings (SSSR count). The first kappa shape index (κ1) is 20.3. The maximum atomic E-state index is 13.2. The zero-order valence-electron chi connectivity index (χ0n) is 17.5. The van der Waals surface area contributed by atoms with E-state index in [4.69, 9.17) is 9.47 Å². The van der Waals surface area contributed by atoms with E-state index in [1.807, 2.05) is 11.1 Å². The average molecular weight is 401 g/mol. The number of methoxy groups -OCH3 is 1. The van der Waals surface area contributed by atoms with E-state index in [0.29, 0.717) is 25.7 Å². The van der Waals surface area contributed by atoms with Gasteiger partial charge in [0.2, 0.25) is 0 Å². The fraction of sp³-hybridized carbons (Fsp3) is 0.636. The molecule has 1 N–H and O–H groups in total. The first-order valence-corrected chi connectivity index (χ1v) is 10.8. The zero-order valence-corrected chi connectivity index (χ0v) is 17.5. The van der Waals surface area contributed by atoms with Gasteiger partial charge in [-0.25, -0.2) is 4.98 Å². The van der Waals surface area contributed by atoms with Gasteiger partial charge in [-0.15, -0.1) is 0 Å². The van der Waals surface area contributed by atoms with E-state index in [0.717, 1.165) is 51.0 Å². The predicted molar refractivity (Wildman–Crippen MR) is 112 cm³/mol. The molecule has 1 aliphatic carbocycles. The lowest BCUT2D eigenvalue weighted by Crippen LogP contribution is -2.49. The number of morpholine rings is 1. The molecule has 2 aromatic heterocycles. The molecule has 0 bridgehead atoms. The molecule has 0 aromatic carbocycles. The zero-order chi connectivity index (χ0) is 20.2. The molecular weight excluding hydrogens is 368 g/mol. The Morgan fingerprint density at radius 2 is 2.28 bits per heavy atom. The van der Waals surface area contributed by atoms with Crippen molar-refractivity contribution in [3.05, 3.63) is 29.6 Å². The number of nitrogens with one attached hydrogen (secondary N) is 1. The summed E-state index contributed by atoms with van der Waals surface area (Å²) in [4.78, 5) is 19.9. The van der Waals surface area contributed by atoms with E-state index in [2.05, 4.69) is 34.1 Å². The van der Waals surface area contributed by atoms with Crippen molar-refractivity contribution in [2.45, 2.75) is 57.8 Å². The van der Waals surface area contributed by atoms with Crippen molar-refractivity contribution in [3.63, 3.8) is 0 Å². The molecule has 1 saturated heterocycles. The Balaban J connectivity index is 1.63. The van der Waals surface area contributed by atoms with Gasteiger partial charge in [-0.05, 0) is 42.9 Å². The van der Waals surface area contributed by atoms with Crippen LogP contribution in [0.4, 0.5) is 0 Å². The summed E-state index contributed by atoms with van der Waals surface area (Å²) >= 11 is 0. The van der Waals surface area contributed by atoms with Crippen LogP contribution in [-0.4, -0.2) is 65.9 Å². The van der Waals surface area contributed by atoms with Crippen LogP contribution in [0.1, 0.15) is 37.3 Å². The number of ether oxygens (including phenoxy) is 2. The highest BCUT2D eigenvalue weighted by atomic mass is 16.5. The largest absolute Gasteiger partial charge is 0.385 e. The number of aromatic nitrogens is 2. The fourth-order valence-corrected chi connectivity index (χ4v) is 4.20. The van der Waals surface area contributed by atoms with E-state index in [-0.39, 0.29) is 12.0 Å². The van der Waals surface area contributed by atoms with Gasteiger partial charge < -0.3 is 24.3 Å². The Hall–Kier alpha value is -1.96. The van der Waals surface area contributed by atoms with Crippen molar-refractivity contribution in [2.24, 2.45) is 0 Å². The van der Waals surface area contributed by atoms with Crippen LogP contribution in [0.5, 0.6) is 0 Å². The Labute approximate surface area is 172 Å². The number of amides is 1. The number of nitrogens with zero attached hydrogens (tertiary/aromatic N) is 3. The Morgan fingerprint density at radius 3 is 2.97 bits per heavy atom. The van der Waals surface area contributed by atoms with E-state index in [9.17, 15) is 4.79 Å². The van der Waals surface area contributed by atoms with Crippen molar-refractivity contribution in [1.82, 2.24) is 19.8 Å². The minimum absolute atomic E-state index is 0.113. The first-order chi connectivity index (χ1) is 14.2. The highest BCUT2D eigenvalue weighted by Crippen LogP contribution is 2.32. The molecule has 29 heavy (non-hydrogen) atoms. The van der Waals surface area contributed by atoms with Crippen molar-refractivity contribution < 1.29 is 14.3 Å². The number of carbonyl (C=O) groups is 1. The van der Waals surface area contributed by atoms with E-state index >= 15 is 0 Å². The molecule has 7 nitrogen and oxygen atoms in total. The molecule has 1 atom stereocenters. The highest BCUT2D eigenvalue weighted by Gasteiger charge is 2.37. The summed E-state index contributed by atoms with van der Waals surface area (Å²) in [6.45, 7) is 6.38. The quantitative estimate of drug-likeness (QED) is 0.653. The normalized spacial score (nSPS) is 19.6. The molecule has 7 heteroatoms. The van der Waals surface area contributed by atoms with E-state index < -0.39 is 0 Å². The Kier molecular flexibility index (Phi) is 6.47. The Morgan fingerprint density at radius 1 is 1.41 bits per heavy atom. The number of pyridine rings is 1. The van der Waals surface area contributed by atoms with Crippen molar-refractivity contribution in [2.75, 3.05) is 33.4 Å². The lowest BCUT2D eigenvalue weighted by atomic mass is 10.1. The maximum Gasteiger partial charge on any atom is 0.253 e. The van der Waals surface area contributed by atoms with Crippen LogP contribution < -0.4 is 5.32 Å². The van der Waals surface area contributed by atoms with Crippen molar-refractivity contribution >= 4 is 16.9 Å². The summed E-state index contributed by atoms with van der Waals surface area (Å²) in [5.41, 5.74) is 3.48. The van der Waals surface area contributed by atoms with Gasteiger partial charge in [0.15, 0.2) is 0 Å². The third-order valence-corrected chi connectivity index (χ3v) is 5.86. The van der Waals surface area contributed by atoms with Crippen LogP contribution in [0.15, 0.2) is 18.5 Å². The van der Waals surface area contributed by atoms with Gasteiger partial charge >= 0.3 is 0 Å². The molecule has 0 radical (unpaired) electrons. The third kappa shape index (κ3) is 4.47. The lowest BCUT2D eigenvalue weighted by molar-refractivity contribution is -0.146. The number of fused-ring (bicyclic) bond motifs is 1. The second-order valence-electron chi connectivity index (χ2n) is 7.98. The van der Waals surface area contributed by atoms with Crippen LogP contribution in [0, 0.1) is 0 Å². The van der Waals surface area contributed by atoms with Gasteiger partial charge in [-0.2, -0.15) is 0 Å². The van der Waals surface area contributed by atoms with Crippen molar-refractivity contribution in [1.29, 1.82) is 0 Å². The Bertz CT molecular complexity index is 840. The minimum Gasteiger partial charge on any atom is -0.385 e. The molecule has 0 spiro atoms. The predicted octanol–water partition coefficient (Wildman–Crippen LogP) is 2.11. The van der Waals surface area contributed by atoms with Gasteiger partial charge in [-0.1, -0.05) is 6.92 Å². The van der Waals surface area contributed by atoms with Gasteiger partial charge in [0.25, 0.3) is 5.91 Å². The molecule has 2 fully saturated rings. The number of carbonyl (C=O) groups excluding carboxylic acids is 1. The van der Waals surface area contributed by atoms with Gasteiger partial charge in [0.05, 0.1) is 6.61 Å². The average Bonchev–Trinajstić information content (AvgIpc) is 3.55. The smallest absolute Gasteiger partial charge is 0.253 e. The van der Waals surface area contributed by atoms with Crippen LogP contribution in [-0.2, 0) is 33.8 Å². The summed E-state index contributed by atoms with van der Waals surface area (Å²) in [5, 5.41) is 4.48. The molecular formula is C22H32N4O3. The van der Waals surface area contributed by atoms with E-state index in [1.165, 1.54) is 16.5 Å². The number of hydrogen-bond donors (Lipinski definition) is 1. The monoisotopic (exact) mass is 400 g/mol. The SMILES string of the molecule is CCc1ccnc2c1c(CN(C(=O)[C@H]1CNCCO1)C1CC1)cn2CCCOC. The molecule has 158 valence electrons. The third-order valence-electron chi connectivity index (χ3n) is 5.86. The molecule has 3 heterocycles. The molecule has 1 aliphatic heterocycles. The number of aryl methyl sites for hydroxylation is 2. The van der Waals surface area contributed by atoms with Crippen molar-refractivity contribution in [3.8, 4) is 0 Å². The first-order valence-electron chi connectivity index (χ1n) is 10.8. The molecule has 1 amide bonds. The minimum atomic E-state index is -0.372. The summed E-state index contributed by atoms with van der Waals surface area (Å²) in [6, 6.07) is 2.43. The molecule has 2 aliphatic rings. The van der Waals surface area contributed by atoms with E-state index in [1.54, 1.807) is 7.11 Å². The topological polar surface area (TPSA) is 68.6 Å². The van der Waals surface area contributed by atoms with Crippen LogP contribution in [0.25, 0.3) is 11.0 Å². The van der Waals surface area contributed by atoms with Gasteiger partial charge in [-0.3, -0.25) is 4.79 Å². The number of hydrogen-bond acceptors (Lipinski definition) is 5. The molecule has 1 saturated carbocycles.